The largest absolute Gasteiger partial charge is 0.340 e. The number of fused-ring (bicyclic) bond motifs is 1. The molecule has 1 aromatic rings. The number of nitrogens with zero attached hydrogens (tertiary/aromatic N) is 2. The lowest BCUT2D eigenvalue weighted by Gasteiger charge is -2.32. The molecule has 6 nitrogen and oxygen atoms in total. The molecule has 1 fully saturated rings. The fraction of sp³-hybridized carbons (Fsp3) is 0.615. The van der Waals surface area contributed by atoms with Crippen LogP contribution in [0.15, 0.2) is 10.9 Å². The van der Waals surface area contributed by atoms with Gasteiger partial charge in [0.2, 0.25) is 5.91 Å². The third kappa shape index (κ3) is 2.53. The molecule has 0 radical (unpaired) electrons. The summed E-state index contributed by atoms with van der Waals surface area (Å²) >= 11 is 0. The molecule has 0 aromatic carbocycles. The topological polar surface area (TPSA) is 78.1 Å². The summed E-state index contributed by atoms with van der Waals surface area (Å²) in [7, 11) is 0. The highest BCUT2D eigenvalue weighted by Gasteiger charge is 2.29. The van der Waals surface area contributed by atoms with Gasteiger partial charge in [-0.3, -0.25) is 9.59 Å². The fourth-order valence-corrected chi connectivity index (χ4v) is 2.89. The molecule has 0 saturated carbocycles. The predicted octanol–water partition coefficient (Wildman–Crippen LogP) is -0.693. The molecular weight excluding hydrogens is 244 g/mol. The first-order valence-electron chi connectivity index (χ1n) is 6.81. The van der Waals surface area contributed by atoms with Crippen molar-refractivity contribution in [2.45, 2.75) is 19.3 Å². The normalized spacial score (nSPS) is 22.9. The number of carbonyl (C=O) groups excluding carboxylic acids is 1. The zero-order valence-corrected chi connectivity index (χ0v) is 10.8. The van der Waals surface area contributed by atoms with Crippen LogP contribution in [-0.4, -0.2) is 47.2 Å². The van der Waals surface area contributed by atoms with Gasteiger partial charge in [-0.2, -0.15) is 5.10 Å². The van der Waals surface area contributed by atoms with Crippen LogP contribution >= 0.6 is 0 Å². The molecule has 19 heavy (non-hydrogen) atoms. The number of nitrogens with one attached hydrogen (secondary N) is 2. The maximum absolute atomic E-state index is 12.4. The lowest BCUT2D eigenvalue weighted by atomic mass is 9.86. The summed E-state index contributed by atoms with van der Waals surface area (Å²) in [6.07, 6.45) is 2.25. The van der Waals surface area contributed by atoms with Gasteiger partial charge in [-0.1, -0.05) is 0 Å². The van der Waals surface area contributed by atoms with E-state index in [9.17, 15) is 9.59 Å². The molecule has 0 unspecified atom stereocenters. The number of carbonyl (C=O) groups is 1. The van der Waals surface area contributed by atoms with Gasteiger partial charge in [-0.15, -0.1) is 0 Å². The Morgan fingerprint density at radius 3 is 2.95 bits per heavy atom. The van der Waals surface area contributed by atoms with Crippen LogP contribution in [-0.2, 0) is 17.6 Å². The minimum absolute atomic E-state index is 0.00852. The number of aromatic amines is 1. The van der Waals surface area contributed by atoms with Crippen LogP contribution < -0.4 is 10.9 Å². The summed E-state index contributed by atoms with van der Waals surface area (Å²) < 4.78 is 0. The molecule has 1 aliphatic carbocycles. The molecule has 1 amide bonds. The summed E-state index contributed by atoms with van der Waals surface area (Å²) in [6.45, 7) is 3.32. The number of hydrogen-bond donors (Lipinski definition) is 2. The van der Waals surface area contributed by atoms with Crippen molar-refractivity contribution in [2.24, 2.45) is 5.92 Å². The van der Waals surface area contributed by atoms with Crippen molar-refractivity contribution in [1.29, 1.82) is 0 Å². The standard InChI is InChI=1S/C13H18N4O2/c18-12-8-10-7-9(1-2-11(10)15-16-12)13(19)17-5-3-14-4-6-17/h8-9,14H,1-7H2,(H,16,18)/t9-/m1/s1. The van der Waals surface area contributed by atoms with E-state index < -0.39 is 0 Å². The van der Waals surface area contributed by atoms with Gasteiger partial charge < -0.3 is 10.2 Å². The van der Waals surface area contributed by atoms with Crippen molar-refractivity contribution >= 4 is 5.91 Å². The second-order valence-corrected chi connectivity index (χ2v) is 5.22. The Kier molecular flexibility index (Phi) is 3.33. The first kappa shape index (κ1) is 12.3. The molecule has 1 atom stereocenters. The van der Waals surface area contributed by atoms with Gasteiger partial charge in [-0.05, 0) is 24.8 Å². The predicted molar refractivity (Wildman–Crippen MR) is 69.8 cm³/mol. The Hall–Kier alpha value is -1.69. The molecule has 0 spiro atoms. The average molecular weight is 262 g/mol. The highest BCUT2D eigenvalue weighted by molar-refractivity contribution is 5.79. The van der Waals surface area contributed by atoms with E-state index in [0.29, 0.717) is 6.42 Å². The highest BCUT2D eigenvalue weighted by Crippen LogP contribution is 2.24. The molecular formula is C13H18N4O2. The van der Waals surface area contributed by atoms with Gasteiger partial charge >= 0.3 is 0 Å². The van der Waals surface area contributed by atoms with Gasteiger partial charge in [0, 0.05) is 38.2 Å². The number of aromatic nitrogens is 2. The Morgan fingerprint density at radius 1 is 1.37 bits per heavy atom. The van der Waals surface area contributed by atoms with E-state index in [-0.39, 0.29) is 17.4 Å². The van der Waals surface area contributed by atoms with E-state index in [4.69, 9.17) is 0 Å². The molecule has 1 aromatic heterocycles. The van der Waals surface area contributed by atoms with Crippen molar-refractivity contribution in [2.75, 3.05) is 26.2 Å². The summed E-state index contributed by atoms with van der Waals surface area (Å²) in [6, 6.07) is 1.58. The first-order chi connectivity index (χ1) is 9.24. The summed E-state index contributed by atoms with van der Waals surface area (Å²) in [5, 5.41) is 9.76. The maximum atomic E-state index is 12.4. The highest BCUT2D eigenvalue weighted by atomic mass is 16.2. The van der Waals surface area contributed by atoms with E-state index in [1.54, 1.807) is 6.07 Å². The zero-order chi connectivity index (χ0) is 13.2. The molecule has 0 bridgehead atoms. The van der Waals surface area contributed by atoms with Crippen LogP contribution in [0.1, 0.15) is 17.7 Å². The zero-order valence-electron chi connectivity index (χ0n) is 10.8. The minimum Gasteiger partial charge on any atom is -0.340 e. The number of amides is 1. The monoisotopic (exact) mass is 262 g/mol. The van der Waals surface area contributed by atoms with Gasteiger partial charge in [0.25, 0.3) is 5.56 Å². The summed E-state index contributed by atoms with van der Waals surface area (Å²) in [5.41, 5.74) is 1.68. The quantitative estimate of drug-likeness (QED) is 0.702. The smallest absolute Gasteiger partial charge is 0.264 e. The van der Waals surface area contributed by atoms with Crippen molar-refractivity contribution in [3.63, 3.8) is 0 Å². The SMILES string of the molecule is O=C([C@@H]1CCc2n[nH]c(=O)cc2C1)N1CCNCC1. The van der Waals surface area contributed by atoms with Crippen molar-refractivity contribution in [3.05, 3.63) is 27.7 Å². The van der Waals surface area contributed by atoms with E-state index in [1.807, 2.05) is 4.90 Å². The number of rotatable bonds is 1. The van der Waals surface area contributed by atoms with E-state index in [1.165, 1.54) is 0 Å². The molecule has 1 saturated heterocycles. The second-order valence-electron chi connectivity index (χ2n) is 5.22. The van der Waals surface area contributed by atoms with Gasteiger partial charge in [0.1, 0.15) is 0 Å². The molecule has 3 rings (SSSR count). The Labute approximate surface area is 111 Å². The molecule has 1 aliphatic heterocycles. The Morgan fingerprint density at radius 2 is 2.16 bits per heavy atom. The fourth-order valence-electron chi connectivity index (χ4n) is 2.89. The molecule has 2 heterocycles. The van der Waals surface area contributed by atoms with Gasteiger partial charge in [0.05, 0.1) is 5.69 Å². The van der Waals surface area contributed by atoms with Crippen LogP contribution in [0.4, 0.5) is 0 Å². The molecule has 2 N–H and O–H groups in total. The van der Waals surface area contributed by atoms with Crippen LogP contribution in [0.5, 0.6) is 0 Å². The minimum atomic E-state index is -0.186. The Balaban J connectivity index is 1.74. The van der Waals surface area contributed by atoms with Crippen LogP contribution in [0, 0.1) is 5.92 Å². The molecule has 6 heteroatoms. The number of piperazine rings is 1. The van der Waals surface area contributed by atoms with Crippen molar-refractivity contribution in [1.82, 2.24) is 20.4 Å². The average Bonchev–Trinajstić information content (AvgIpc) is 2.46. The van der Waals surface area contributed by atoms with Crippen molar-refractivity contribution in [3.8, 4) is 0 Å². The van der Waals surface area contributed by atoms with Gasteiger partial charge in [0.15, 0.2) is 0 Å². The molecule has 102 valence electrons. The van der Waals surface area contributed by atoms with Crippen LogP contribution in [0.3, 0.4) is 0 Å². The van der Waals surface area contributed by atoms with E-state index in [2.05, 4.69) is 15.5 Å². The molecule has 2 aliphatic rings. The number of hydrogen-bond acceptors (Lipinski definition) is 4. The van der Waals surface area contributed by atoms with E-state index in [0.717, 1.165) is 50.3 Å². The van der Waals surface area contributed by atoms with Crippen molar-refractivity contribution < 1.29 is 4.79 Å². The summed E-state index contributed by atoms with van der Waals surface area (Å²) in [4.78, 5) is 25.7. The maximum Gasteiger partial charge on any atom is 0.264 e. The third-order valence-corrected chi connectivity index (χ3v) is 3.95. The van der Waals surface area contributed by atoms with Crippen LogP contribution in [0.25, 0.3) is 0 Å². The van der Waals surface area contributed by atoms with Crippen LogP contribution in [0.2, 0.25) is 0 Å². The van der Waals surface area contributed by atoms with Gasteiger partial charge in [-0.25, -0.2) is 5.10 Å². The first-order valence-corrected chi connectivity index (χ1v) is 6.81. The lowest BCUT2D eigenvalue weighted by Crippen LogP contribution is -2.49. The lowest BCUT2D eigenvalue weighted by molar-refractivity contribution is -0.136. The summed E-state index contributed by atoms with van der Waals surface area (Å²) in [5.74, 6) is 0.238. The number of H-pyrrole nitrogens is 1. The third-order valence-electron chi connectivity index (χ3n) is 3.95. The second kappa shape index (κ2) is 5.13. The Bertz CT molecular complexity index is 534. The number of aryl methyl sites for hydroxylation is 1. The van der Waals surface area contributed by atoms with E-state index >= 15 is 0 Å².